The van der Waals surface area contributed by atoms with Crippen molar-refractivity contribution in [3.63, 3.8) is 0 Å². The van der Waals surface area contributed by atoms with Gasteiger partial charge in [-0.15, -0.1) is 8.58 Å². The van der Waals surface area contributed by atoms with Gasteiger partial charge >= 0.3 is 0 Å². The van der Waals surface area contributed by atoms with E-state index in [1.807, 2.05) is 0 Å². The summed E-state index contributed by atoms with van der Waals surface area (Å²) in [5.41, 5.74) is 2.10. The van der Waals surface area contributed by atoms with Gasteiger partial charge in [0.1, 0.15) is 5.75 Å². The number of hydrogen-bond acceptors (Lipinski definition) is 2. The van der Waals surface area contributed by atoms with E-state index in [9.17, 15) is 0 Å². The Bertz CT molecular complexity index is 373. The van der Waals surface area contributed by atoms with Gasteiger partial charge in [0.05, 0.1) is 0 Å². The number of ether oxygens (including phenoxy) is 2. The lowest BCUT2D eigenvalue weighted by atomic mass is 10.0. The molecule has 3 unspecified atom stereocenters. The minimum atomic E-state index is -0.180. The minimum absolute atomic E-state index is 0.180. The lowest BCUT2D eigenvalue weighted by Gasteiger charge is -2.22. The Balaban J connectivity index is 2.72. The number of methoxy groups -OCH3 is 1. The zero-order chi connectivity index (χ0) is 15.1. The molecule has 0 aliphatic heterocycles. The smallest absolute Gasteiger partial charge is 0.201 e. The quantitative estimate of drug-likeness (QED) is 0.491. The second-order valence-electron chi connectivity index (χ2n) is 6.01. The SMILES string of the molecule is COC(Oc1ccc(C(CC(C)C)PC)cc1)C(C)C. The molecule has 0 spiro atoms. The zero-order valence-electron chi connectivity index (χ0n) is 13.6. The molecule has 0 saturated carbocycles. The van der Waals surface area contributed by atoms with Crippen molar-refractivity contribution in [1.29, 1.82) is 0 Å². The van der Waals surface area contributed by atoms with Crippen molar-refractivity contribution in [3.05, 3.63) is 29.8 Å². The molecule has 0 fully saturated rings. The fourth-order valence-corrected chi connectivity index (χ4v) is 3.49. The zero-order valence-corrected chi connectivity index (χ0v) is 14.6. The molecule has 0 bridgehead atoms. The molecular formula is C17H29O2P. The van der Waals surface area contributed by atoms with Crippen LogP contribution in [-0.2, 0) is 4.74 Å². The summed E-state index contributed by atoms with van der Waals surface area (Å²) in [7, 11) is 2.63. The van der Waals surface area contributed by atoms with Crippen LogP contribution in [0.15, 0.2) is 24.3 Å². The first-order valence-electron chi connectivity index (χ1n) is 7.44. The van der Waals surface area contributed by atoms with Crippen LogP contribution in [0.2, 0.25) is 0 Å². The topological polar surface area (TPSA) is 18.5 Å². The van der Waals surface area contributed by atoms with E-state index < -0.39 is 0 Å². The first-order chi connectivity index (χ1) is 9.47. The molecule has 0 aliphatic carbocycles. The number of rotatable bonds is 8. The number of hydrogen-bond donors (Lipinski definition) is 0. The van der Waals surface area contributed by atoms with Crippen LogP contribution in [0.5, 0.6) is 5.75 Å². The Labute approximate surface area is 126 Å². The first-order valence-corrected chi connectivity index (χ1v) is 9.02. The van der Waals surface area contributed by atoms with Crippen LogP contribution in [-0.4, -0.2) is 20.1 Å². The van der Waals surface area contributed by atoms with Crippen molar-refractivity contribution in [3.8, 4) is 5.75 Å². The van der Waals surface area contributed by atoms with Crippen LogP contribution in [0.4, 0.5) is 0 Å². The molecular weight excluding hydrogens is 267 g/mol. The van der Waals surface area contributed by atoms with Gasteiger partial charge in [-0.3, -0.25) is 0 Å². The molecule has 20 heavy (non-hydrogen) atoms. The predicted octanol–water partition coefficient (Wildman–Crippen LogP) is 5.09. The summed E-state index contributed by atoms with van der Waals surface area (Å²) in [5, 5.41) is 0. The standard InChI is InChI=1S/C17H29O2P/c1-12(2)11-16(20-6)14-7-9-15(10-8-14)19-17(18-5)13(3)4/h7-10,12-13,16-17,20H,11H2,1-6H3. The van der Waals surface area contributed by atoms with Crippen molar-refractivity contribution < 1.29 is 9.47 Å². The number of benzene rings is 1. The molecule has 2 nitrogen and oxygen atoms in total. The molecule has 3 atom stereocenters. The van der Waals surface area contributed by atoms with Gasteiger partial charge in [0, 0.05) is 18.7 Å². The second-order valence-corrected chi connectivity index (χ2v) is 7.28. The van der Waals surface area contributed by atoms with Gasteiger partial charge in [0.2, 0.25) is 6.29 Å². The van der Waals surface area contributed by atoms with Crippen molar-refractivity contribution >= 4 is 8.58 Å². The molecule has 0 radical (unpaired) electrons. The highest BCUT2D eigenvalue weighted by molar-refractivity contribution is 7.37. The Morgan fingerprint density at radius 1 is 1.05 bits per heavy atom. The molecule has 1 aromatic rings. The van der Waals surface area contributed by atoms with Gasteiger partial charge in [-0.1, -0.05) is 39.8 Å². The highest BCUT2D eigenvalue weighted by Crippen LogP contribution is 2.37. The molecule has 0 saturated heterocycles. The predicted molar refractivity (Wildman–Crippen MR) is 89.1 cm³/mol. The monoisotopic (exact) mass is 296 g/mol. The average molecular weight is 296 g/mol. The normalized spacial score (nSPS) is 15.2. The van der Waals surface area contributed by atoms with E-state index in [2.05, 4.69) is 58.6 Å². The molecule has 114 valence electrons. The molecule has 0 aromatic heterocycles. The maximum Gasteiger partial charge on any atom is 0.201 e. The summed E-state index contributed by atoms with van der Waals surface area (Å²) in [6.07, 6.45) is 1.07. The Hall–Kier alpha value is -0.590. The summed E-state index contributed by atoms with van der Waals surface area (Å²) in [5.74, 6) is 1.96. The largest absolute Gasteiger partial charge is 0.465 e. The maximum atomic E-state index is 5.85. The Morgan fingerprint density at radius 2 is 1.65 bits per heavy atom. The second kappa shape index (κ2) is 8.64. The van der Waals surface area contributed by atoms with E-state index in [4.69, 9.17) is 9.47 Å². The van der Waals surface area contributed by atoms with Gasteiger partial charge in [0.25, 0.3) is 0 Å². The lowest BCUT2D eigenvalue weighted by molar-refractivity contribution is -0.0833. The van der Waals surface area contributed by atoms with Gasteiger partial charge in [-0.05, 0) is 36.7 Å². The third-order valence-corrected chi connectivity index (χ3v) is 4.63. The third kappa shape index (κ3) is 5.42. The molecule has 0 heterocycles. The summed E-state index contributed by atoms with van der Waals surface area (Å²) in [6, 6.07) is 8.53. The summed E-state index contributed by atoms with van der Waals surface area (Å²) in [4.78, 5) is 0. The molecule has 0 aliphatic rings. The van der Waals surface area contributed by atoms with Crippen molar-refractivity contribution in [2.75, 3.05) is 13.8 Å². The Kier molecular flexibility index (Phi) is 7.55. The highest BCUT2D eigenvalue weighted by atomic mass is 31.1. The van der Waals surface area contributed by atoms with Crippen LogP contribution in [0.25, 0.3) is 0 Å². The van der Waals surface area contributed by atoms with Gasteiger partial charge in [-0.2, -0.15) is 0 Å². The first kappa shape index (κ1) is 17.5. The highest BCUT2D eigenvalue weighted by Gasteiger charge is 2.15. The van der Waals surface area contributed by atoms with E-state index in [0.29, 0.717) is 11.6 Å². The molecule has 0 N–H and O–H groups in total. The third-order valence-electron chi connectivity index (χ3n) is 3.37. The molecule has 3 heteroatoms. The summed E-state index contributed by atoms with van der Waals surface area (Å²) >= 11 is 0. The van der Waals surface area contributed by atoms with Crippen LogP contribution in [0, 0.1) is 11.8 Å². The van der Waals surface area contributed by atoms with E-state index >= 15 is 0 Å². The van der Waals surface area contributed by atoms with Gasteiger partial charge in [-0.25, -0.2) is 0 Å². The Morgan fingerprint density at radius 3 is 2.05 bits per heavy atom. The lowest BCUT2D eigenvalue weighted by Crippen LogP contribution is -2.24. The van der Waals surface area contributed by atoms with Crippen LogP contribution in [0.3, 0.4) is 0 Å². The average Bonchev–Trinajstić information content (AvgIpc) is 2.42. The summed E-state index contributed by atoms with van der Waals surface area (Å²) < 4.78 is 11.2. The van der Waals surface area contributed by atoms with Crippen LogP contribution in [0.1, 0.15) is 45.3 Å². The van der Waals surface area contributed by atoms with E-state index in [0.717, 1.165) is 20.2 Å². The van der Waals surface area contributed by atoms with Gasteiger partial charge in [0.15, 0.2) is 0 Å². The summed E-state index contributed by atoms with van der Waals surface area (Å²) in [6.45, 7) is 11.1. The molecule has 0 amide bonds. The van der Waals surface area contributed by atoms with E-state index in [1.54, 1.807) is 7.11 Å². The minimum Gasteiger partial charge on any atom is -0.465 e. The van der Waals surface area contributed by atoms with E-state index in [1.165, 1.54) is 12.0 Å². The van der Waals surface area contributed by atoms with Gasteiger partial charge < -0.3 is 9.47 Å². The fraction of sp³-hybridized carbons (Fsp3) is 0.647. The maximum absolute atomic E-state index is 5.85. The molecule has 1 rings (SSSR count). The van der Waals surface area contributed by atoms with Crippen molar-refractivity contribution in [1.82, 2.24) is 0 Å². The van der Waals surface area contributed by atoms with E-state index in [-0.39, 0.29) is 6.29 Å². The molecule has 1 aromatic carbocycles. The van der Waals surface area contributed by atoms with Crippen LogP contribution < -0.4 is 4.74 Å². The van der Waals surface area contributed by atoms with Crippen molar-refractivity contribution in [2.24, 2.45) is 11.8 Å². The fourth-order valence-electron chi connectivity index (χ4n) is 2.26. The van der Waals surface area contributed by atoms with Crippen molar-refractivity contribution in [2.45, 2.75) is 46.1 Å². The van der Waals surface area contributed by atoms with Crippen LogP contribution >= 0.6 is 8.58 Å².